The number of carbonyl (C=O) groups excluding carboxylic acids is 1. The summed E-state index contributed by atoms with van der Waals surface area (Å²) in [5.74, 6) is 0.780. The van der Waals surface area contributed by atoms with Gasteiger partial charge < -0.3 is 9.15 Å². The number of aromatic nitrogens is 1. The highest BCUT2D eigenvalue weighted by Crippen LogP contribution is 2.27. The van der Waals surface area contributed by atoms with Crippen LogP contribution in [0, 0.1) is 25.2 Å². The number of methoxy groups -OCH3 is 1. The molecule has 0 unspecified atom stereocenters. The molecule has 0 aliphatic heterocycles. The Hall–Kier alpha value is -2.26. The maximum absolute atomic E-state index is 11.3. The molecule has 6 heteroatoms. The molecule has 0 saturated carbocycles. The van der Waals surface area contributed by atoms with Gasteiger partial charge in [-0.25, -0.2) is 9.78 Å². The molecule has 0 aliphatic carbocycles. The fourth-order valence-electron chi connectivity index (χ4n) is 1.85. The van der Waals surface area contributed by atoms with Gasteiger partial charge in [-0.3, -0.25) is 0 Å². The zero-order valence-corrected chi connectivity index (χ0v) is 12.8. The van der Waals surface area contributed by atoms with Gasteiger partial charge in [-0.05, 0) is 37.6 Å². The summed E-state index contributed by atoms with van der Waals surface area (Å²) in [6, 6.07) is 7.34. The smallest absolute Gasteiger partial charge is 0.373 e. The highest BCUT2D eigenvalue weighted by atomic mass is 32.2. The number of nitriles is 1. The van der Waals surface area contributed by atoms with Crippen LogP contribution in [0.3, 0.4) is 0 Å². The van der Waals surface area contributed by atoms with Gasteiger partial charge in [-0.1, -0.05) is 11.8 Å². The van der Waals surface area contributed by atoms with E-state index in [2.05, 4.69) is 15.8 Å². The summed E-state index contributed by atoms with van der Waals surface area (Å²) in [4.78, 5) is 15.7. The topological polar surface area (TPSA) is 76.1 Å². The molecule has 108 valence electrons. The van der Waals surface area contributed by atoms with Crippen molar-refractivity contribution in [2.45, 2.75) is 24.6 Å². The number of rotatable bonds is 4. The maximum atomic E-state index is 11.3. The quantitative estimate of drug-likeness (QED) is 0.637. The minimum Gasteiger partial charge on any atom is -0.463 e. The molecule has 0 aromatic carbocycles. The molecule has 2 rings (SSSR count). The summed E-state index contributed by atoms with van der Waals surface area (Å²) in [6.07, 6.45) is 0. The van der Waals surface area contributed by atoms with Gasteiger partial charge in [0, 0.05) is 5.69 Å². The lowest BCUT2D eigenvalue weighted by atomic mass is 10.1. The summed E-state index contributed by atoms with van der Waals surface area (Å²) in [6.45, 7) is 3.78. The third-order valence-electron chi connectivity index (χ3n) is 2.82. The van der Waals surface area contributed by atoms with E-state index in [0.29, 0.717) is 22.1 Å². The first kappa shape index (κ1) is 15.1. The minimum absolute atomic E-state index is 0.169. The van der Waals surface area contributed by atoms with Gasteiger partial charge in [-0.15, -0.1) is 0 Å². The molecule has 0 atom stereocenters. The first-order valence-electron chi connectivity index (χ1n) is 6.23. The van der Waals surface area contributed by atoms with Crippen LogP contribution in [0.1, 0.15) is 33.1 Å². The van der Waals surface area contributed by atoms with Crippen LogP contribution in [0.4, 0.5) is 0 Å². The third kappa shape index (κ3) is 3.44. The maximum Gasteiger partial charge on any atom is 0.373 e. The second-order valence-electron chi connectivity index (χ2n) is 4.42. The number of ether oxygens (including phenoxy) is 1. The van der Waals surface area contributed by atoms with Crippen molar-refractivity contribution >= 4 is 17.7 Å². The number of pyridine rings is 1. The fraction of sp³-hybridized carbons (Fsp3) is 0.267. The molecule has 5 nitrogen and oxygen atoms in total. The SMILES string of the molecule is COC(=O)c1ccc(CSc2nc(C)cc(C)c2C#N)o1. The lowest BCUT2D eigenvalue weighted by Gasteiger charge is -2.06. The molecular weight excluding hydrogens is 288 g/mol. The number of thioether (sulfide) groups is 1. The molecule has 0 spiro atoms. The van der Waals surface area contributed by atoms with Gasteiger partial charge in [0.1, 0.15) is 16.9 Å². The molecule has 0 amide bonds. The van der Waals surface area contributed by atoms with Crippen molar-refractivity contribution in [3.8, 4) is 6.07 Å². The molecule has 0 fully saturated rings. The molecule has 0 aliphatic rings. The molecule has 2 aromatic rings. The fourth-order valence-corrected chi connectivity index (χ4v) is 2.84. The van der Waals surface area contributed by atoms with Gasteiger partial charge in [0.2, 0.25) is 5.76 Å². The summed E-state index contributed by atoms with van der Waals surface area (Å²) < 4.78 is 9.97. The highest BCUT2D eigenvalue weighted by Gasteiger charge is 2.13. The van der Waals surface area contributed by atoms with Crippen molar-refractivity contribution in [1.29, 1.82) is 5.26 Å². The summed E-state index contributed by atoms with van der Waals surface area (Å²) in [5, 5.41) is 9.88. The van der Waals surface area contributed by atoms with Crippen LogP contribution in [0.2, 0.25) is 0 Å². The summed E-state index contributed by atoms with van der Waals surface area (Å²) in [7, 11) is 1.30. The van der Waals surface area contributed by atoms with Crippen LogP contribution in [0.5, 0.6) is 0 Å². The van der Waals surface area contributed by atoms with Crippen LogP contribution in [0.15, 0.2) is 27.6 Å². The Labute approximate surface area is 126 Å². The highest BCUT2D eigenvalue weighted by molar-refractivity contribution is 7.98. The molecular formula is C15H14N2O3S. The summed E-state index contributed by atoms with van der Waals surface area (Å²) in [5.41, 5.74) is 2.34. The van der Waals surface area contributed by atoms with E-state index in [9.17, 15) is 10.1 Å². The number of esters is 1. The van der Waals surface area contributed by atoms with Crippen LogP contribution in [-0.4, -0.2) is 18.1 Å². The minimum atomic E-state index is -0.506. The largest absolute Gasteiger partial charge is 0.463 e. The molecule has 0 bridgehead atoms. The van der Waals surface area contributed by atoms with E-state index in [0.717, 1.165) is 11.3 Å². The van der Waals surface area contributed by atoms with Gasteiger partial charge >= 0.3 is 5.97 Å². The number of hydrogen-bond donors (Lipinski definition) is 0. The molecule has 2 heterocycles. The molecule has 0 saturated heterocycles. The van der Waals surface area contributed by atoms with Gasteiger partial charge in [-0.2, -0.15) is 5.26 Å². The van der Waals surface area contributed by atoms with Crippen molar-refractivity contribution in [3.05, 3.63) is 46.5 Å². The van der Waals surface area contributed by atoms with Crippen molar-refractivity contribution < 1.29 is 13.9 Å². The van der Waals surface area contributed by atoms with Gasteiger partial charge in [0.05, 0.1) is 18.4 Å². The van der Waals surface area contributed by atoms with E-state index in [4.69, 9.17) is 4.42 Å². The lowest BCUT2D eigenvalue weighted by molar-refractivity contribution is 0.0563. The van der Waals surface area contributed by atoms with Crippen molar-refractivity contribution in [2.75, 3.05) is 7.11 Å². The second kappa shape index (κ2) is 6.46. The van der Waals surface area contributed by atoms with Gasteiger partial charge in [0.25, 0.3) is 0 Å². The number of nitrogens with zero attached hydrogens (tertiary/aromatic N) is 2. The lowest BCUT2D eigenvalue weighted by Crippen LogP contribution is -1.98. The Kier molecular flexibility index (Phi) is 4.66. The van der Waals surface area contributed by atoms with E-state index >= 15 is 0 Å². The van der Waals surface area contributed by atoms with Crippen molar-refractivity contribution in [2.24, 2.45) is 0 Å². The Morgan fingerprint density at radius 2 is 2.24 bits per heavy atom. The average molecular weight is 302 g/mol. The Morgan fingerprint density at radius 1 is 1.48 bits per heavy atom. The van der Waals surface area contributed by atoms with Crippen LogP contribution in [-0.2, 0) is 10.5 Å². The van der Waals surface area contributed by atoms with E-state index < -0.39 is 5.97 Å². The van der Waals surface area contributed by atoms with Crippen molar-refractivity contribution in [1.82, 2.24) is 4.98 Å². The van der Waals surface area contributed by atoms with E-state index in [1.807, 2.05) is 19.9 Å². The predicted octanol–water partition coefficient (Wildman–Crippen LogP) is 3.24. The van der Waals surface area contributed by atoms with Crippen molar-refractivity contribution in [3.63, 3.8) is 0 Å². The Bertz CT molecular complexity index is 716. The molecule has 0 radical (unpaired) electrons. The van der Waals surface area contributed by atoms with E-state index in [-0.39, 0.29) is 5.76 Å². The van der Waals surface area contributed by atoms with Crippen LogP contribution >= 0.6 is 11.8 Å². The molecule has 21 heavy (non-hydrogen) atoms. The summed E-state index contributed by atoms with van der Waals surface area (Å²) >= 11 is 1.41. The first-order valence-corrected chi connectivity index (χ1v) is 7.22. The number of carbonyl (C=O) groups is 1. The normalized spacial score (nSPS) is 10.2. The zero-order chi connectivity index (χ0) is 15.4. The van der Waals surface area contributed by atoms with E-state index in [1.54, 1.807) is 12.1 Å². The Balaban J connectivity index is 2.15. The monoisotopic (exact) mass is 302 g/mol. The number of hydrogen-bond acceptors (Lipinski definition) is 6. The standard InChI is InChI=1S/C15H14N2O3S/c1-9-6-10(2)17-14(12(9)7-16)21-8-11-4-5-13(20-11)15(18)19-3/h4-6H,8H2,1-3H3. The average Bonchev–Trinajstić information content (AvgIpc) is 2.92. The first-order chi connectivity index (χ1) is 10.0. The van der Waals surface area contributed by atoms with Crippen LogP contribution < -0.4 is 0 Å². The molecule has 2 aromatic heterocycles. The number of aryl methyl sites for hydroxylation is 2. The predicted molar refractivity (Wildman–Crippen MR) is 78.0 cm³/mol. The second-order valence-corrected chi connectivity index (χ2v) is 5.38. The zero-order valence-electron chi connectivity index (χ0n) is 12.0. The van der Waals surface area contributed by atoms with E-state index in [1.165, 1.54) is 18.9 Å². The Morgan fingerprint density at radius 3 is 2.90 bits per heavy atom. The van der Waals surface area contributed by atoms with Gasteiger partial charge in [0.15, 0.2) is 0 Å². The van der Waals surface area contributed by atoms with Crippen LogP contribution in [0.25, 0.3) is 0 Å². The third-order valence-corrected chi connectivity index (χ3v) is 3.82. The number of furan rings is 1. The molecule has 0 N–H and O–H groups in total.